The first-order valence-corrected chi connectivity index (χ1v) is 7.99. The maximum absolute atomic E-state index is 12.9. The Hall–Kier alpha value is -2.92. The van der Waals surface area contributed by atoms with Crippen molar-refractivity contribution in [1.82, 2.24) is 4.98 Å². The van der Waals surface area contributed by atoms with Crippen LogP contribution in [0, 0.1) is 5.82 Å². The lowest BCUT2D eigenvalue weighted by Crippen LogP contribution is -2.13. The highest BCUT2D eigenvalue weighted by Crippen LogP contribution is 2.13. The number of anilines is 2. The fourth-order valence-electron chi connectivity index (χ4n) is 2.17. The molecule has 0 unspecified atom stereocenters. The molecule has 0 aliphatic carbocycles. The van der Waals surface area contributed by atoms with Crippen LogP contribution in [0.4, 0.5) is 15.8 Å². The first-order valence-electron chi connectivity index (χ1n) is 7.61. The lowest BCUT2D eigenvalue weighted by Gasteiger charge is -2.08. The Morgan fingerprint density at radius 3 is 2.28 bits per heavy atom. The fourth-order valence-corrected chi connectivity index (χ4v) is 2.29. The molecule has 0 aliphatic rings. The van der Waals surface area contributed by atoms with Gasteiger partial charge in [0.1, 0.15) is 11.5 Å². The first kappa shape index (κ1) is 16.9. The second kappa shape index (κ2) is 7.77. The highest BCUT2D eigenvalue weighted by atomic mass is 35.5. The molecule has 0 spiro atoms. The van der Waals surface area contributed by atoms with Crippen LogP contribution in [0.3, 0.4) is 0 Å². The van der Waals surface area contributed by atoms with Crippen LogP contribution in [-0.2, 0) is 6.54 Å². The predicted molar refractivity (Wildman–Crippen MR) is 97.4 cm³/mol. The molecule has 1 heterocycles. The van der Waals surface area contributed by atoms with E-state index >= 15 is 0 Å². The van der Waals surface area contributed by atoms with E-state index in [1.165, 1.54) is 24.3 Å². The predicted octanol–water partition coefficient (Wildman–Crippen LogP) is 4.74. The second-order valence-corrected chi connectivity index (χ2v) is 5.81. The third-order valence-electron chi connectivity index (χ3n) is 3.51. The van der Waals surface area contributed by atoms with E-state index in [4.69, 9.17) is 11.6 Å². The van der Waals surface area contributed by atoms with Gasteiger partial charge in [-0.15, -0.1) is 0 Å². The zero-order valence-corrected chi connectivity index (χ0v) is 13.9. The average molecular weight is 356 g/mol. The van der Waals surface area contributed by atoms with Crippen molar-refractivity contribution in [3.63, 3.8) is 0 Å². The number of hydrogen-bond acceptors (Lipinski definition) is 3. The smallest absolute Gasteiger partial charge is 0.274 e. The molecule has 6 heteroatoms. The number of carbonyl (C=O) groups is 1. The molecular weight excluding hydrogens is 341 g/mol. The van der Waals surface area contributed by atoms with Crippen molar-refractivity contribution >= 4 is 28.9 Å². The van der Waals surface area contributed by atoms with Crippen LogP contribution < -0.4 is 10.6 Å². The average Bonchev–Trinajstić information content (AvgIpc) is 2.63. The largest absolute Gasteiger partial charge is 0.380 e. The van der Waals surface area contributed by atoms with E-state index in [0.29, 0.717) is 17.3 Å². The summed E-state index contributed by atoms with van der Waals surface area (Å²) in [6, 6.07) is 16.5. The van der Waals surface area contributed by atoms with Crippen molar-refractivity contribution in [3.05, 3.63) is 89.0 Å². The highest BCUT2D eigenvalue weighted by molar-refractivity contribution is 6.30. The van der Waals surface area contributed by atoms with Crippen LogP contribution in [0.1, 0.15) is 16.1 Å². The Labute approximate surface area is 149 Å². The van der Waals surface area contributed by atoms with Gasteiger partial charge in [0.2, 0.25) is 0 Å². The Kier molecular flexibility index (Phi) is 5.26. The number of rotatable bonds is 5. The summed E-state index contributed by atoms with van der Waals surface area (Å²) < 4.78 is 12.9. The first-order chi connectivity index (χ1) is 12.1. The second-order valence-electron chi connectivity index (χ2n) is 5.37. The number of carbonyl (C=O) groups excluding carboxylic acids is 1. The van der Waals surface area contributed by atoms with E-state index in [2.05, 4.69) is 15.6 Å². The van der Waals surface area contributed by atoms with Crippen LogP contribution in [0.25, 0.3) is 0 Å². The standard InChI is InChI=1S/C19H15ClFN3O/c20-14-3-1-13(2-4-14)11-22-17-9-10-18(23-12-17)19(25)24-16-7-5-15(21)6-8-16/h1-10,12,22H,11H2,(H,24,25). The molecule has 1 amide bonds. The summed E-state index contributed by atoms with van der Waals surface area (Å²) in [5.74, 6) is -0.705. The summed E-state index contributed by atoms with van der Waals surface area (Å²) in [6.07, 6.45) is 1.59. The van der Waals surface area contributed by atoms with Gasteiger partial charge in [-0.3, -0.25) is 4.79 Å². The quantitative estimate of drug-likeness (QED) is 0.695. The molecule has 0 saturated carbocycles. The third kappa shape index (κ3) is 4.78. The van der Waals surface area contributed by atoms with E-state index in [9.17, 15) is 9.18 Å². The summed E-state index contributed by atoms with van der Waals surface area (Å²) in [5.41, 5.74) is 2.68. The summed E-state index contributed by atoms with van der Waals surface area (Å²) in [5, 5.41) is 6.59. The molecule has 0 saturated heterocycles. The Bertz CT molecular complexity index is 849. The number of nitrogens with zero attached hydrogens (tertiary/aromatic N) is 1. The minimum absolute atomic E-state index is 0.279. The molecule has 1 aromatic heterocycles. The van der Waals surface area contributed by atoms with Gasteiger partial charge in [0.15, 0.2) is 0 Å². The van der Waals surface area contributed by atoms with Gasteiger partial charge in [0, 0.05) is 17.3 Å². The van der Waals surface area contributed by atoms with Crippen LogP contribution in [0.2, 0.25) is 5.02 Å². The summed E-state index contributed by atoms with van der Waals surface area (Å²) in [7, 11) is 0. The van der Waals surface area contributed by atoms with Crippen molar-refractivity contribution in [2.75, 3.05) is 10.6 Å². The molecule has 25 heavy (non-hydrogen) atoms. The lowest BCUT2D eigenvalue weighted by molar-refractivity contribution is 0.102. The number of nitrogens with one attached hydrogen (secondary N) is 2. The molecule has 4 nitrogen and oxygen atoms in total. The van der Waals surface area contributed by atoms with Crippen molar-refractivity contribution in [3.8, 4) is 0 Å². The SMILES string of the molecule is O=C(Nc1ccc(F)cc1)c1ccc(NCc2ccc(Cl)cc2)cn1. The number of amides is 1. The van der Waals surface area contributed by atoms with E-state index in [0.717, 1.165) is 11.3 Å². The number of pyridine rings is 1. The van der Waals surface area contributed by atoms with Crippen LogP contribution >= 0.6 is 11.6 Å². The van der Waals surface area contributed by atoms with Gasteiger partial charge in [-0.1, -0.05) is 23.7 Å². The fraction of sp³-hybridized carbons (Fsp3) is 0.0526. The van der Waals surface area contributed by atoms with Crippen molar-refractivity contribution in [2.45, 2.75) is 6.54 Å². The number of aromatic nitrogens is 1. The van der Waals surface area contributed by atoms with Gasteiger partial charge >= 0.3 is 0 Å². The Balaban J connectivity index is 1.58. The minimum Gasteiger partial charge on any atom is -0.380 e. The van der Waals surface area contributed by atoms with Gasteiger partial charge in [0.05, 0.1) is 11.9 Å². The minimum atomic E-state index is -0.354. The topological polar surface area (TPSA) is 54.0 Å². The van der Waals surface area contributed by atoms with Crippen LogP contribution in [0.5, 0.6) is 0 Å². The van der Waals surface area contributed by atoms with Gasteiger partial charge in [-0.25, -0.2) is 9.37 Å². The summed E-state index contributed by atoms with van der Waals surface area (Å²) >= 11 is 5.85. The van der Waals surface area contributed by atoms with E-state index in [-0.39, 0.29) is 17.4 Å². The lowest BCUT2D eigenvalue weighted by atomic mass is 10.2. The Morgan fingerprint density at radius 1 is 0.960 bits per heavy atom. The zero-order chi connectivity index (χ0) is 17.6. The number of hydrogen-bond donors (Lipinski definition) is 2. The van der Waals surface area contributed by atoms with Crippen LogP contribution in [-0.4, -0.2) is 10.9 Å². The van der Waals surface area contributed by atoms with E-state index in [1.807, 2.05) is 24.3 Å². The molecule has 3 aromatic rings. The molecule has 126 valence electrons. The molecule has 0 atom stereocenters. The molecular formula is C19H15ClFN3O. The van der Waals surface area contributed by atoms with Crippen molar-refractivity contribution < 1.29 is 9.18 Å². The zero-order valence-electron chi connectivity index (χ0n) is 13.2. The van der Waals surface area contributed by atoms with E-state index in [1.54, 1.807) is 18.3 Å². The maximum Gasteiger partial charge on any atom is 0.274 e. The van der Waals surface area contributed by atoms with Gasteiger partial charge < -0.3 is 10.6 Å². The van der Waals surface area contributed by atoms with E-state index < -0.39 is 0 Å². The number of halogens is 2. The monoisotopic (exact) mass is 355 g/mol. The molecule has 3 rings (SSSR count). The molecule has 0 radical (unpaired) electrons. The normalized spacial score (nSPS) is 10.3. The molecule has 0 fully saturated rings. The van der Waals surface area contributed by atoms with Crippen molar-refractivity contribution in [1.29, 1.82) is 0 Å². The molecule has 2 aromatic carbocycles. The van der Waals surface area contributed by atoms with Gasteiger partial charge in [0.25, 0.3) is 5.91 Å². The summed E-state index contributed by atoms with van der Waals surface area (Å²) in [4.78, 5) is 16.3. The maximum atomic E-state index is 12.9. The highest BCUT2D eigenvalue weighted by Gasteiger charge is 2.07. The molecule has 2 N–H and O–H groups in total. The van der Waals surface area contributed by atoms with Crippen molar-refractivity contribution in [2.24, 2.45) is 0 Å². The molecule has 0 aliphatic heterocycles. The summed E-state index contributed by atoms with van der Waals surface area (Å²) in [6.45, 7) is 0.625. The van der Waals surface area contributed by atoms with Gasteiger partial charge in [-0.2, -0.15) is 0 Å². The van der Waals surface area contributed by atoms with Gasteiger partial charge in [-0.05, 0) is 54.1 Å². The number of benzene rings is 2. The third-order valence-corrected chi connectivity index (χ3v) is 3.76. The Morgan fingerprint density at radius 2 is 1.64 bits per heavy atom. The van der Waals surface area contributed by atoms with Crippen LogP contribution in [0.15, 0.2) is 66.9 Å². The molecule has 0 bridgehead atoms.